The molecule has 1 unspecified atom stereocenters. The number of carboxylic acid groups (broad SMARTS) is 1. The first kappa shape index (κ1) is 18.2. The zero-order chi connectivity index (χ0) is 18.4. The van der Waals surface area contributed by atoms with Crippen LogP contribution in [0.15, 0.2) is 36.4 Å². The topological polar surface area (TPSA) is 116 Å². The first-order chi connectivity index (χ1) is 11.9. The number of ether oxygens (including phenoxy) is 1. The summed E-state index contributed by atoms with van der Waals surface area (Å²) in [4.78, 5) is 36.9. The molecule has 2 aromatic rings. The molecule has 0 fully saturated rings. The Labute approximate surface area is 143 Å². The SMILES string of the molecule is CC(C(=O)O)c1ccc2cc(OC(=O)CCCO[N+](=O)[O-])ccc2c1. The van der Waals surface area contributed by atoms with Crippen LogP contribution in [0, 0.1) is 10.1 Å². The maximum absolute atomic E-state index is 11.7. The number of esters is 1. The summed E-state index contributed by atoms with van der Waals surface area (Å²) >= 11 is 0. The van der Waals surface area contributed by atoms with Crippen LogP contribution in [0.3, 0.4) is 0 Å². The number of carboxylic acids is 1. The van der Waals surface area contributed by atoms with E-state index in [-0.39, 0.29) is 19.4 Å². The molecule has 25 heavy (non-hydrogen) atoms. The van der Waals surface area contributed by atoms with Crippen LogP contribution in [0.4, 0.5) is 0 Å². The fourth-order valence-corrected chi connectivity index (χ4v) is 2.26. The van der Waals surface area contributed by atoms with Crippen LogP contribution in [-0.4, -0.2) is 28.7 Å². The molecule has 0 heterocycles. The van der Waals surface area contributed by atoms with E-state index in [2.05, 4.69) is 4.84 Å². The molecule has 2 rings (SSSR count). The molecule has 0 amide bonds. The van der Waals surface area contributed by atoms with E-state index >= 15 is 0 Å². The highest BCUT2D eigenvalue weighted by atomic mass is 16.9. The molecule has 0 saturated heterocycles. The van der Waals surface area contributed by atoms with Gasteiger partial charge in [-0.15, -0.1) is 10.1 Å². The highest BCUT2D eigenvalue weighted by molar-refractivity contribution is 5.87. The lowest BCUT2D eigenvalue weighted by atomic mass is 9.98. The molecule has 0 aliphatic carbocycles. The second-order valence-electron chi connectivity index (χ2n) is 5.46. The maximum atomic E-state index is 11.7. The quantitative estimate of drug-likeness (QED) is 0.256. The Morgan fingerprint density at radius 2 is 1.88 bits per heavy atom. The summed E-state index contributed by atoms with van der Waals surface area (Å²) in [6.45, 7) is 1.45. The molecule has 0 aliphatic heterocycles. The van der Waals surface area contributed by atoms with Gasteiger partial charge in [-0.3, -0.25) is 9.59 Å². The van der Waals surface area contributed by atoms with Crippen molar-refractivity contribution in [2.45, 2.75) is 25.7 Å². The van der Waals surface area contributed by atoms with Crippen LogP contribution in [-0.2, 0) is 14.4 Å². The van der Waals surface area contributed by atoms with Gasteiger partial charge in [0.05, 0.1) is 12.5 Å². The normalized spacial score (nSPS) is 11.7. The van der Waals surface area contributed by atoms with Crippen molar-refractivity contribution in [2.24, 2.45) is 0 Å². The lowest BCUT2D eigenvalue weighted by Gasteiger charge is -2.09. The molecule has 132 valence electrons. The molecule has 8 heteroatoms. The molecule has 0 saturated carbocycles. The van der Waals surface area contributed by atoms with Gasteiger partial charge in [0.25, 0.3) is 5.09 Å². The maximum Gasteiger partial charge on any atom is 0.311 e. The molecule has 1 N–H and O–H groups in total. The average molecular weight is 347 g/mol. The summed E-state index contributed by atoms with van der Waals surface area (Å²) in [5.41, 5.74) is 0.690. The molecule has 0 aliphatic rings. The van der Waals surface area contributed by atoms with E-state index in [9.17, 15) is 19.7 Å². The minimum atomic E-state index is -0.909. The third-order valence-electron chi connectivity index (χ3n) is 3.66. The predicted octanol–water partition coefficient (Wildman–Crippen LogP) is 2.92. The highest BCUT2D eigenvalue weighted by Crippen LogP contribution is 2.25. The molecule has 0 bridgehead atoms. The Bertz CT molecular complexity index is 803. The Morgan fingerprint density at radius 3 is 2.56 bits per heavy atom. The zero-order valence-corrected chi connectivity index (χ0v) is 13.5. The smallest absolute Gasteiger partial charge is 0.311 e. The number of fused-ring (bicyclic) bond motifs is 1. The average Bonchev–Trinajstić information content (AvgIpc) is 2.57. The van der Waals surface area contributed by atoms with Crippen LogP contribution in [0.1, 0.15) is 31.2 Å². The van der Waals surface area contributed by atoms with E-state index in [0.717, 1.165) is 10.8 Å². The van der Waals surface area contributed by atoms with Gasteiger partial charge in [-0.1, -0.05) is 24.3 Å². The Kier molecular flexibility index (Phi) is 5.89. The number of aliphatic carboxylic acids is 1. The van der Waals surface area contributed by atoms with Crippen molar-refractivity contribution in [3.8, 4) is 5.75 Å². The van der Waals surface area contributed by atoms with E-state index in [1.807, 2.05) is 0 Å². The largest absolute Gasteiger partial charge is 0.481 e. The van der Waals surface area contributed by atoms with Gasteiger partial charge in [0.15, 0.2) is 0 Å². The van der Waals surface area contributed by atoms with Crippen molar-refractivity contribution in [1.82, 2.24) is 0 Å². The van der Waals surface area contributed by atoms with Crippen molar-refractivity contribution >= 4 is 22.7 Å². The second-order valence-corrected chi connectivity index (χ2v) is 5.46. The summed E-state index contributed by atoms with van der Waals surface area (Å²) in [5, 5.41) is 19.8. The number of hydrogen-bond donors (Lipinski definition) is 1. The van der Waals surface area contributed by atoms with E-state index in [4.69, 9.17) is 9.84 Å². The molecule has 8 nitrogen and oxygen atoms in total. The van der Waals surface area contributed by atoms with Gasteiger partial charge in [0.2, 0.25) is 0 Å². The van der Waals surface area contributed by atoms with Crippen LogP contribution in [0.2, 0.25) is 0 Å². The van der Waals surface area contributed by atoms with Crippen LogP contribution >= 0.6 is 0 Å². The third-order valence-corrected chi connectivity index (χ3v) is 3.66. The van der Waals surface area contributed by atoms with Crippen LogP contribution in [0.25, 0.3) is 10.8 Å². The lowest BCUT2D eigenvalue weighted by molar-refractivity contribution is -0.757. The summed E-state index contributed by atoms with van der Waals surface area (Å²) in [6.07, 6.45) is 0.185. The van der Waals surface area contributed by atoms with Gasteiger partial charge in [-0.05, 0) is 41.8 Å². The van der Waals surface area contributed by atoms with Gasteiger partial charge in [0, 0.05) is 6.42 Å². The summed E-state index contributed by atoms with van der Waals surface area (Å²) in [7, 11) is 0. The first-order valence-corrected chi connectivity index (χ1v) is 7.61. The Morgan fingerprint density at radius 1 is 1.20 bits per heavy atom. The number of carbonyl (C=O) groups excluding carboxylic acids is 1. The zero-order valence-electron chi connectivity index (χ0n) is 13.5. The standard InChI is InChI=1S/C17H17NO7/c1-11(17(20)21)12-4-5-14-10-15(7-6-13(14)9-12)25-16(19)3-2-8-24-18(22)23/h4-7,9-11H,2-3,8H2,1H3,(H,20,21). The number of nitrogens with zero attached hydrogens (tertiary/aromatic N) is 1. The first-order valence-electron chi connectivity index (χ1n) is 7.61. The fourth-order valence-electron chi connectivity index (χ4n) is 2.26. The second kappa shape index (κ2) is 8.09. The number of rotatable bonds is 8. The monoisotopic (exact) mass is 347 g/mol. The van der Waals surface area contributed by atoms with Crippen molar-refractivity contribution in [3.63, 3.8) is 0 Å². The van der Waals surface area contributed by atoms with Crippen molar-refractivity contribution in [2.75, 3.05) is 6.61 Å². The summed E-state index contributed by atoms with van der Waals surface area (Å²) in [6, 6.07) is 10.3. The Balaban J connectivity index is 2.01. The molecular weight excluding hydrogens is 330 g/mol. The highest BCUT2D eigenvalue weighted by Gasteiger charge is 2.14. The third kappa shape index (κ3) is 5.17. The number of benzene rings is 2. The number of hydrogen-bond acceptors (Lipinski definition) is 6. The molecule has 0 spiro atoms. The van der Waals surface area contributed by atoms with Crippen molar-refractivity contribution in [3.05, 3.63) is 52.1 Å². The fraction of sp³-hybridized carbons (Fsp3) is 0.294. The van der Waals surface area contributed by atoms with Gasteiger partial charge >= 0.3 is 11.9 Å². The molecule has 2 aromatic carbocycles. The van der Waals surface area contributed by atoms with E-state index < -0.39 is 22.9 Å². The molecule has 1 atom stereocenters. The van der Waals surface area contributed by atoms with Gasteiger partial charge in [-0.2, -0.15) is 0 Å². The van der Waals surface area contributed by atoms with E-state index in [0.29, 0.717) is 11.3 Å². The predicted molar refractivity (Wildman–Crippen MR) is 87.8 cm³/mol. The Hall–Kier alpha value is -3.16. The number of carbonyl (C=O) groups is 2. The minimum absolute atomic E-state index is 0.000934. The summed E-state index contributed by atoms with van der Waals surface area (Å²) in [5.74, 6) is -1.66. The minimum Gasteiger partial charge on any atom is -0.481 e. The van der Waals surface area contributed by atoms with Crippen molar-refractivity contribution < 1.29 is 29.4 Å². The molecule has 0 aromatic heterocycles. The van der Waals surface area contributed by atoms with Crippen molar-refractivity contribution in [1.29, 1.82) is 0 Å². The van der Waals surface area contributed by atoms with Crippen LogP contribution < -0.4 is 4.74 Å². The molecular formula is C17H17NO7. The van der Waals surface area contributed by atoms with Gasteiger partial charge in [-0.25, -0.2) is 0 Å². The van der Waals surface area contributed by atoms with Gasteiger partial charge < -0.3 is 14.7 Å². The van der Waals surface area contributed by atoms with E-state index in [1.165, 1.54) is 0 Å². The summed E-state index contributed by atoms with van der Waals surface area (Å²) < 4.78 is 5.19. The van der Waals surface area contributed by atoms with Crippen LogP contribution in [0.5, 0.6) is 5.75 Å². The van der Waals surface area contributed by atoms with E-state index in [1.54, 1.807) is 43.3 Å². The molecule has 0 radical (unpaired) electrons. The van der Waals surface area contributed by atoms with Gasteiger partial charge in [0.1, 0.15) is 5.75 Å². The lowest BCUT2D eigenvalue weighted by Crippen LogP contribution is -2.10.